The van der Waals surface area contributed by atoms with Gasteiger partial charge in [-0.3, -0.25) is 9.48 Å². The summed E-state index contributed by atoms with van der Waals surface area (Å²) < 4.78 is 29.0. The van der Waals surface area contributed by atoms with Crippen LogP contribution in [-0.4, -0.2) is 63.4 Å². The van der Waals surface area contributed by atoms with Gasteiger partial charge in [-0.15, -0.1) is 5.10 Å². The molecule has 10 nitrogen and oxygen atoms in total. The van der Waals surface area contributed by atoms with Gasteiger partial charge in [0.05, 0.1) is 43.4 Å². The minimum Gasteiger partial charge on any atom is -0.494 e. The molecule has 0 atom stereocenters. The smallest absolute Gasteiger partial charge is 0.255 e. The number of carbonyl (C=O) groups is 1. The van der Waals surface area contributed by atoms with Crippen molar-refractivity contribution in [1.82, 2.24) is 35.0 Å². The Bertz CT molecular complexity index is 1500. The molecule has 0 fully saturated rings. The number of ether oxygens (including phenoxy) is 2. The van der Waals surface area contributed by atoms with E-state index < -0.39 is 5.82 Å². The van der Waals surface area contributed by atoms with Crippen molar-refractivity contribution in [2.75, 3.05) is 27.8 Å². The van der Waals surface area contributed by atoms with E-state index >= 15 is 4.39 Å². The van der Waals surface area contributed by atoms with E-state index in [4.69, 9.17) is 9.47 Å². The predicted octanol–water partition coefficient (Wildman–Crippen LogP) is 3.03. The Hall–Kier alpha value is -4.09. The van der Waals surface area contributed by atoms with Crippen LogP contribution in [0.3, 0.4) is 0 Å². The molecular formula is C28H32FN7O3. The van der Waals surface area contributed by atoms with Gasteiger partial charge in [-0.1, -0.05) is 23.4 Å². The largest absolute Gasteiger partial charge is 0.494 e. The molecule has 3 heterocycles. The van der Waals surface area contributed by atoms with Crippen molar-refractivity contribution in [2.24, 2.45) is 0 Å². The first-order chi connectivity index (χ1) is 18.9. The zero-order valence-electron chi connectivity index (χ0n) is 22.6. The fourth-order valence-corrected chi connectivity index (χ4v) is 4.87. The summed E-state index contributed by atoms with van der Waals surface area (Å²) in [7, 11) is 5.07. The number of nitrogens with zero attached hydrogens (tertiary/aromatic N) is 6. The maximum Gasteiger partial charge on any atom is 0.255 e. The number of hydrogen-bond donors (Lipinski definition) is 1. The Morgan fingerprint density at radius 2 is 2.00 bits per heavy atom. The average Bonchev–Trinajstić information content (AvgIpc) is 3.53. The molecule has 2 aromatic carbocycles. The maximum atomic E-state index is 15.3. The van der Waals surface area contributed by atoms with Crippen molar-refractivity contribution < 1.29 is 18.7 Å². The van der Waals surface area contributed by atoms with Gasteiger partial charge in [0.25, 0.3) is 5.91 Å². The third-order valence-corrected chi connectivity index (χ3v) is 6.87. The first-order valence-corrected chi connectivity index (χ1v) is 12.7. The third kappa shape index (κ3) is 5.69. The normalized spacial score (nSPS) is 13.4. The number of nitrogens with one attached hydrogen (secondary N) is 1. The van der Waals surface area contributed by atoms with Crippen LogP contribution in [0.1, 0.15) is 44.0 Å². The predicted molar refractivity (Wildman–Crippen MR) is 142 cm³/mol. The molecule has 0 unspecified atom stereocenters. The third-order valence-electron chi connectivity index (χ3n) is 6.87. The van der Waals surface area contributed by atoms with E-state index in [9.17, 15) is 4.79 Å². The molecule has 1 N–H and O–H groups in total. The fraction of sp³-hybridized carbons (Fsp3) is 0.357. The number of benzene rings is 2. The van der Waals surface area contributed by atoms with E-state index in [0.717, 1.165) is 25.1 Å². The molecule has 5 rings (SSSR count). The van der Waals surface area contributed by atoms with Crippen molar-refractivity contribution in [3.05, 3.63) is 87.7 Å². The summed E-state index contributed by atoms with van der Waals surface area (Å²) in [5, 5.41) is 15.5. The molecule has 1 aliphatic rings. The molecule has 0 radical (unpaired) electrons. The number of carbonyl (C=O) groups excluding carboxylic acids is 1. The number of aromatic nitrogens is 5. The highest BCUT2D eigenvalue weighted by Crippen LogP contribution is 2.26. The van der Waals surface area contributed by atoms with Crippen LogP contribution < -0.4 is 10.1 Å². The summed E-state index contributed by atoms with van der Waals surface area (Å²) in [6.07, 6.45) is 4.44. The van der Waals surface area contributed by atoms with Gasteiger partial charge >= 0.3 is 0 Å². The average molecular weight is 534 g/mol. The molecule has 0 saturated carbocycles. The molecule has 1 aliphatic heterocycles. The molecule has 39 heavy (non-hydrogen) atoms. The second-order valence-electron chi connectivity index (χ2n) is 9.78. The Morgan fingerprint density at radius 1 is 1.15 bits per heavy atom. The lowest BCUT2D eigenvalue weighted by molar-refractivity contribution is 0.0945. The molecule has 0 saturated heterocycles. The molecule has 11 heteroatoms. The summed E-state index contributed by atoms with van der Waals surface area (Å²) in [4.78, 5) is 15.6. The number of amides is 1. The van der Waals surface area contributed by atoms with Crippen LogP contribution >= 0.6 is 0 Å². The summed E-state index contributed by atoms with van der Waals surface area (Å²) >= 11 is 0. The zero-order chi connectivity index (χ0) is 27.5. The van der Waals surface area contributed by atoms with E-state index in [-0.39, 0.29) is 30.4 Å². The summed E-state index contributed by atoms with van der Waals surface area (Å²) in [5.74, 6) is -0.887. The molecule has 2 aromatic heterocycles. The van der Waals surface area contributed by atoms with Crippen molar-refractivity contribution in [3.63, 3.8) is 0 Å². The van der Waals surface area contributed by atoms with Crippen LogP contribution in [0.25, 0.3) is 5.69 Å². The van der Waals surface area contributed by atoms with Gasteiger partial charge in [-0.05, 0) is 49.2 Å². The molecule has 4 aromatic rings. The quantitative estimate of drug-likeness (QED) is 0.353. The molecule has 204 valence electrons. The molecule has 0 spiro atoms. The Balaban J connectivity index is 1.37. The van der Waals surface area contributed by atoms with Gasteiger partial charge in [-0.2, -0.15) is 5.10 Å². The number of hydrogen-bond acceptors (Lipinski definition) is 7. The molecular weight excluding hydrogens is 501 g/mol. The van der Waals surface area contributed by atoms with E-state index in [0.29, 0.717) is 29.2 Å². The van der Waals surface area contributed by atoms with Gasteiger partial charge in [-0.25, -0.2) is 9.07 Å². The van der Waals surface area contributed by atoms with Gasteiger partial charge < -0.3 is 19.7 Å². The lowest BCUT2D eigenvalue weighted by atomic mass is 9.98. The van der Waals surface area contributed by atoms with E-state index in [1.165, 1.54) is 29.0 Å². The van der Waals surface area contributed by atoms with Gasteiger partial charge in [0.15, 0.2) is 11.6 Å². The monoisotopic (exact) mass is 533 g/mol. The number of fused-ring (bicyclic) bond motifs is 1. The van der Waals surface area contributed by atoms with Gasteiger partial charge in [0.2, 0.25) is 0 Å². The van der Waals surface area contributed by atoms with Crippen molar-refractivity contribution in [2.45, 2.75) is 39.6 Å². The Labute approximate surface area is 226 Å². The molecule has 0 bridgehead atoms. The first-order valence-electron chi connectivity index (χ1n) is 12.7. The van der Waals surface area contributed by atoms with Crippen LogP contribution in [0.4, 0.5) is 4.39 Å². The SMILES string of the molecule is COCc1nn(Cc2ccc3c(c2)CN(C)CC3)cc1C(=O)NCc1c(-n2cc(C)nn2)ccc(OC)c1F. The summed E-state index contributed by atoms with van der Waals surface area (Å²) in [6, 6.07) is 9.71. The maximum absolute atomic E-state index is 15.3. The number of likely N-dealkylation sites (N-methyl/N-ethyl adjacent to an activating group) is 1. The Kier molecular flexibility index (Phi) is 7.71. The molecule has 1 amide bonds. The molecule has 0 aliphatic carbocycles. The van der Waals surface area contributed by atoms with E-state index in [1.807, 2.05) is 0 Å². The topological polar surface area (TPSA) is 99.3 Å². The highest BCUT2D eigenvalue weighted by molar-refractivity contribution is 5.95. The van der Waals surface area contributed by atoms with E-state index in [2.05, 4.69) is 50.9 Å². The Morgan fingerprint density at radius 3 is 2.74 bits per heavy atom. The first kappa shape index (κ1) is 26.5. The minimum atomic E-state index is -0.575. The zero-order valence-corrected chi connectivity index (χ0v) is 22.6. The fourth-order valence-electron chi connectivity index (χ4n) is 4.87. The number of rotatable bonds is 9. The number of halogens is 1. The van der Waals surface area contributed by atoms with Crippen LogP contribution in [-0.2, 0) is 37.4 Å². The van der Waals surface area contributed by atoms with Crippen LogP contribution in [0.2, 0.25) is 0 Å². The summed E-state index contributed by atoms with van der Waals surface area (Å²) in [5.41, 5.74) is 6.05. The van der Waals surface area contributed by atoms with E-state index in [1.54, 1.807) is 37.2 Å². The number of methoxy groups -OCH3 is 2. The second kappa shape index (κ2) is 11.3. The summed E-state index contributed by atoms with van der Waals surface area (Å²) in [6.45, 7) is 4.36. The highest BCUT2D eigenvalue weighted by Gasteiger charge is 2.21. The lowest BCUT2D eigenvalue weighted by Gasteiger charge is -2.25. The van der Waals surface area contributed by atoms with Crippen molar-refractivity contribution in [1.29, 1.82) is 0 Å². The van der Waals surface area contributed by atoms with Gasteiger partial charge in [0, 0.05) is 38.5 Å². The highest BCUT2D eigenvalue weighted by atomic mass is 19.1. The van der Waals surface area contributed by atoms with Crippen LogP contribution in [0.5, 0.6) is 5.75 Å². The van der Waals surface area contributed by atoms with Crippen LogP contribution in [0, 0.1) is 12.7 Å². The van der Waals surface area contributed by atoms with Crippen molar-refractivity contribution >= 4 is 5.91 Å². The lowest BCUT2D eigenvalue weighted by Crippen LogP contribution is -2.26. The minimum absolute atomic E-state index is 0.0731. The standard InChI is InChI=1S/C28H32FN7O3/c1-18-13-36(33-31-18)25-7-8-26(39-4)27(29)22(25)12-30-28(37)23-16-35(32-24(23)17-38-3)14-19-5-6-20-9-10-34(2)15-21(20)11-19/h5-8,11,13,16H,9-10,12,14-15,17H2,1-4H3,(H,30,37). The second-order valence-corrected chi connectivity index (χ2v) is 9.78. The van der Waals surface area contributed by atoms with Gasteiger partial charge in [0.1, 0.15) is 5.69 Å². The van der Waals surface area contributed by atoms with Crippen LogP contribution in [0.15, 0.2) is 42.7 Å². The van der Waals surface area contributed by atoms with Crippen molar-refractivity contribution in [3.8, 4) is 11.4 Å². The number of aryl methyl sites for hydroxylation is 1.